The van der Waals surface area contributed by atoms with Crippen molar-refractivity contribution in [1.29, 1.82) is 0 Å². The van der Waals surface area contributed by atoms with E-state index in [-0.39, 0.29) is 0 Å². The lowest BCUT2D eigenvalue weighted by atomic mass is 9.89. The van der Waals surface area contributed by atoms with Crippen LogP contribution in [0.1, 0.15) is 44.7 Å². The van der Waals surface area contributed by atoms with E-state index in [9.17, 15) is 0 Å². The van der Waals surface area contributed by atoms with Crippen LogP contribution in [0.25, 0.3) is 5.57 Å². The average Bonchev–Trinajstić information content (AvgIpc) is 2.64. The van der Waals surface area contributed by atoms with Gasteiger partial charge in [0.15, 0.2) is 0 Å². The molecule has 2 rings (SSSR count). The Bertz CT molecular complexity index is 835. The molecule has 0 amide bonds. The number of benzene rings is 1. The Kier molecular flexibility index (Phi) is 8.07. The summed E-state index contributed by atoms with van der Waals surface area (Å²) in [6, 6.07) is 8.64. The van der Waals surface area contributed by atoms with Crippen LogP contribution < -0.4 is 0 Å². The van der Waals surface area contributed by atoms with Crippen LogP contribution in [0.15, 0.2) is 102 Å². The summed E-state index contributed by atoms with van der Waals surface area (Å²) in [5.41, 5.74) is 7.89. The monoisotopic (exact) mass is 356 g/mol. The second kappa shape index (κ2) is 10.5. The molecule has 0 aromatic heterocycles. The zero-order valence-corrected chi connectivity index (χ0v) is 17.2. The molecule has 27 heavy (non-hydrogen) atoms. The van der Waals surface area contributed by atoms with E-state index >= 15 is 0 Å². The summed E-state index contributed by atoms with van der Waals surface area (Å²) in [5, 5.41) is 0. The van der Waals surface area contributed by atoms with Crippen LogP contribution in [0.4, 0.5) is 0 Å². The molecule has 0 N–H and O–H groups in total. The molecule has 0 saturated carbocycles. The summed E-state index contributed by atoms with van der Waals surface area (Å²) < 4.78 is 0. The number of rotatable bonds is 7. The number of hydrogen-bond donors (Lipinski definition) is 0. The van der Waals surface area contributed by atoms with Gasteiger partial charge in [0.25, 0.3) is 0 Å². The van der Waals surface area contributed by atoms with E-state index in [1.54, 1.807) is 0 Å². The molecule has 1 aromatic rings. The van der Waals surface area contributed by atoms with Gasteiger partial charge in [0.1, 0.15) is 0 Å². The highest BCUT2D eigenvalue weighted by Crippen LogP contribution is 2.26. The molecule has 0 saturated heterocycles. The summed E-state index contributed by atoms with van der Waals surface area (Å²) in [7, 11) is 0. The molecule has 1 atom stereocenters. The number of hydrogen-bond acceptors (Lipinski definition) is 0. The van der Waals surface area contributed by atoms with Gasteiger partial charge in [0.2, 0.25) is 0 Å². The maximum Gasteiger partial charge on any atom is -0.0135 e. The molecule has 1 aromatic carbocycles. The van der Waals surface area contributed by atoms with Crippen molar-refractivity contribution < 1.29 is 0 Å². The lowest BCUT2D eigenvalue weighted by Gasteiger charge is -2.16. The lowest BCUT2D eigenvalue weighted by molar-refractivity contribution is 0.714. The predicted molar refractivity (Wildman–Crippen MR) is 122 cm³/mol. The van der Waals surface area contributed by atoms with Crippen molar-refractivity contribution in [1.82, 2.24) is 0 Å². The van der Waals surface area contributed by atoms with Crippen molar-refractivity contribution >= 4 is 5.57 Å². The SMILES string of the molecule is C=C/C=C(\C=C(/C)C/C=C\C=C(/C)c1cccc(C)c1)C1=CC=CC(C)C1. The van der Waals surface area contributed by atoms with Gasteiger partial charge in [-0.1, -0.05) is 104 Å². The fourth-order valence-corrected chi connectivity index (χ4v) is 3.21. The topological polar surface area (TPSA) is 0 Å². The van der Waals surface area contributed by atoms with Crippen LogP contribution in [0.3, 0.4) is 0 Å². The van der Waals surface area contributed by atoms with Crippen LogP contribution in [0, 0.1) is 12.8 Å². The molecule has 1 aliphatic rings. The smallest absolute Gasteiger partial charge is 0.0135 e. The maximum atomic E-state index is 3.88. The Balaban J connectivity index is 2.03. The highest BCUT2D eigenvalue weighted by molar-refractivity contribution is 5.65. The highest BCUT2D eigenvalue weighted by atomic mass is 14.1. The molecule has 0 heteroatoms. The fourth-order valence-electron chi connectivity index (χ4n) is 3.21. The summed E-state index contributed by atoms with van der Waals surface area (Å²) in [6.45, 7) is 12.6. The Hall–Kier alpha value is -2.60. The molecule has 1 unspecified atom stereocenters. The third-order valence-electron chi connectivity index (χ3n) is 4.74. The van der Waals surface area contributed by atoms with Crippen LogP contribution in [0.5, 0.6) is 0 Å². The molecule has 0 spiro atoms. The molecule has 0 fully saturated rings. The van der Waals surface area contributed by atoms with Gasteiger partial charge in [-0.05, 0) is 61.8 Å². The lowest BCUT2D eigenvalue weighted by Crippen LogP contribution is -1.99. The third kappa shape index (κ3) is 6.90. The second-order valence-electron chi connectivity index (χ2n) is 7.46. The molecule has 0 radical (unpaired) electrons. The van der Waals surface area contributed by atoms with Crippen molar-refractivity contribution in [3.63, 3.8) is 0 Å². The van der Waals surface area contributed by atoms with Crippen molar-refractivity contribution in [3.05, 3.63) is 113 Å². The zero-order valence-electron chi connectivity index (χ0n) is 17.2. The Labute approximate surface area is 165 Å². The quantitative estimate of drug-likeness (QED) is 0.435. The van der Waals surface area contributed by atoms with Crippen LogP contribution in [-0.4, -0.2) is 0 Å². The first-order valence-electron chi connectivity index (χ1n) is 9.77. The van der Waals surface area contributed by atoms with Gasteiger partial charge >= 0.3 is 0 Å². The summed E-state index contributed by atoms with van der Waals surface area (Å²) in [5.74, 6) is 0.599. The van der Waals surface area contributed by atoms with Crippen molar-refractivity contribution in [3.8, 4) is 0 Å². The largest absolute Gasteiger partial charge is 0.0990 e. The Morgan fingerprint density at radius 3 is 2.74 bits per heavy atom. The van der Waals surface area contributed by atoms with E-state index in [4.69, 9.17) is 0 Å². The standard InChI is InChI=1S/C27H32/c1-6-11-26(27-17-10-14-23(4)20-27)19-21(2)12-7-8-15-24(5)25-16-9-13-22(3)18-25/h6-11,13-19,23H,1,12,20H2,2-5H3/b8-7-,21-19+,24-15+,26-11+. The summed E-state index contributed by atoms with van der Waals surface area (Å²) in [4.78, 5) is 0. The van der Waals surface area contributed by atoms with Crippen LogP contribution >= 0.6 is 0 Å². The first-order chi connectivity index (χ1) is 13.0. The molecule has 0 bridgehead atoms. The maximum absolute atomic E-state index is 3.88. The number of allylic oxidation sites excluding steroid dienone is 13. The van der Waals surface area contributed by atoms with Crippen molar-refractivity contribution in [2.24, 2.45) is 5.92 Å². The third-order valence-corrected chi connectivity index (χ3v) is 4.74. The summed E-state index contributed by atoms with van der Waals surface area (Å²) >= 11 is 0. The predicted octanol–water partition coefficient (Wildman–Crippen LogP) is 7.93. The van der Waals surface area contributed by atoms with Crippen molar-refractivity contribution in [2.45, 2.75) is 40.5 Å². The van der Waals surface area contributed by atoms with Gasteiger partial charge in [-0.2, -0.15) is 0 Å². The molecule has 0 heterocycles. The van der Waals surface area contributed by atoms with E-state index in [2.05, 4.69) is 107 Å². The molecule has 1 aliphatic carbocycles. The summed E-state index contributed by atoms with van der Waals surface area (Å²) in [6.07, 6.45) is 21.6. The van der Waals surface area contributed by atoms with Gasteiger partial charge < -0.3 is 0 Å². The minimum Gasteiger partial charge on any atom is -0.0990 e. The normalized spacial score (nSPS) is 18.7. The highest BCUT2D eigenvalue weighted by Gasteiger charge is 2.09. The van der Waals surface area contributed by atoms with Gasteiger partial charge in [-0.3, -0.25) is 0 Å². The molecule has 0 aliphatic heterocycles. The van der Waals surface area contributed by atoms with Crippen molar-refractivity contribution in [2.75, 3.05) is 0 Å². The second-order valence-corrected chi connectivity index (χ2v) is 7.46. The fraction of sp³-hybridized carbons (Fsp3) is 0.259. The zero-order chi connectivity index (χ0) is 19.6. The minimum atomic E-state index is 0.599. The Morgan fingerprint density at radius 2 is 2.04 bits per heavy atom. The van der Waals surface area contributed by atoms with Crippen LogP contribution in [-0.2, 0) is 0 Å². The van der Waals surface area contributed by atoms with E-state index in [0.717, 1.165) is 12.8 Å². The van der Waals surface area contributed by atoms with E-state index < -0.39 is 0 Å². The average molecular weight is 357 g/mol. The Morgan fingerprint density at radius 1 is 1.22 bits per heavy atom. The molecular formula is C27H32. The molecule has 0 nitrogen and oxygen atoms in total. The van der Waals surface area contributed by atoms with Gasteiger partial charge in [0.05, 0.1) is 0 Å². The van der Waals surface area contributed by atoms with Crippen LogP contribution in [0.2, 0.25) is 0 Å². The first kappa shape index (κ1) is 20.7. The van der Waals surface area contributed by atoms with Gasteiger partial charge in [-0.15, -0.1) is 0 Å². The molecule has 140 valence electrons. The van der Waals surface area contributed by atoms with Gasteiger partial charge in [-0.25, -0.2) is 0 Å². The van der Waals surface area contributed by atoms with E-state index in [1.165, 1.54) is 33.4 Å². The minimum absolute atomic E-state index is 0.599. The van der Waals surface area contributed by atoms with Gasteiger partial charge in [0, 0.05) is 0 Å². The molecular weight excluding hydrogens is 324 g/mol. The number of aryl methyl sites for hydroxylation is 1. The van der Waals surface area contributed by atoms with E-state index in [0.29, 0.717) is 5.92 Å². The van der Waals surface area contributed by atoms with E-state index in [1.807, 2.05) is 6.08 Å². The first-order valence-corrected chi connectivity index (χ1v) is 9.77.